The van der Waals surface area contributed by atoms with Crippen LogP contribution >= 0.6 is 0 Å². The van der Waals surface area contributed by atoms with Crippen molar-refractivity contribution in [2.24, 2.45) is 4.99 Å². The van der Waals surface area contributed by atoms with Crippen molar-refractivity contribution in [3.63, 3.8) is 0 Å². The maximum atomic E-state index is 12.0. The average Bonchev–Trinajstić information content (AvgIpc) is 3.03. The third kappa shape index (κ3) is 3.96. The van der Waals surface area contributed by atoms with Crippen LogP contribution in [0.4, 0.5) is 0 Å². The van der Waals surface area contributed by atoms with Crippen molar-refractivity contribution in [2.45, 2.75) is 40.2 Å². The van der Waals surface area contributed by atoms with E-state index in [-0.39, 0.29) is 11.9 Å². The molecule has 1 unspecified atom stereocenters. The molecule has 2 aliphatic heterocycles. The van der Waals surface area contributed by atoms with Crippen molar-refractivity contribution in [1.29, 1.82) is 0 Å². The van der Waals surface area contributed by atoms with Gasteiger partial charge in [0, 0.05) is 31.3 Å². The summed E-state index contributed by atoms with van der Waals surface area (Å²) in [4.78, 5) is 20.7. The van der Waals surface area contributed by atoms with Crippen LogP contribution in [0.5, 0.6) is 0 Å². The Hall–Kier alpha value is -1.88. The number of aliphatic imine (C=N–C) groups is 1. The van der Waals surface area contributed by atoms with Gasteiger partial charge in [-0.15, -0.1) is 0 Å². The minimum atomic E-state index is 0.0338. The van der Waals surface area contributed by atoms with Gasteiger partial charge in [0.2, 0.25) is 5.91 Å². The maximum Gasteiger partial charge on any atom is 0.225 e. The summed E-state index contributed by atoms with van der Waals surface area (Å²) in [7, 11) is 0. The highest BCUT2D eigenvalue weighted by atomic mass is 16.5. The Labute approximate surface area is 145 Å². The van der Waals surface area contributed by atoms with Crippen molar-refractivity contribution in [3.05, 3.63) is 35.6 Å². The summed E-state index contributed by atoms with van der Waals surface area (Å²) in [5.41, 5.74) is 3.03. The Balaban J connectivity index is 2.17. The van der Waals surface area contributed by atoms with Gasteiger partial charge in [-0.1, -0.05) is 19.6 Å². The normalized spacial score (nSPS) is 22.7. The zero-order chi connectivity index (χ0) is 17.7. The predicted octanol–water partition coefficient (Wildman–Crippen LogP) is 2.76. The summed E-state index contributed by atoms with van der Waals surface area (Å²) >= 11 is 0. The molecular weight excluding hydrogens is 302 g/mol. The van der Waals surface area contributed by atoms with Crippen LogP contribution in [0.25, 0.3) is 0 Å². The fourth-order valence-corrected chi connectivity index (χ4v) is 3.15. The van der Waals surface area contributed by atoms with Crippen LogP contribution in [0.3, 0.4) is 0 Å². The molecule has 1 fully saturated rings. The number of hydrogen-bond acceptors (Lipinski definition) is 4. The Morgan fingerprint density at radius 2 is 2.04 bits per heavy atom. The van der Waals surface area contributed by atoms with E-state index in [4.69, 9.17) is 4.74 Å². The van der Waals surface area contributed by atoms with Gasteiger partial charge in [0.25, 0.3) is 0 Å². The summed E-state index contributed by atoms with van der Waals surface area (Å²) in [5, 5.41) is 0. The Bertz CT molecular complexity index is 583. The molecule has 0 bridgehead atoms. The second-order valence-corrected chi connectivity index (χ2v) is 6.23. The summed E-state index contributed by atoms with van der Waals surface area (Å²) in [6.07, 6.45) is 5.14. The van der Waals surface area contributed by atoms with E-state index in [0.717, 1.165) is 55.4 Å². The van der Waals surface area contributed by atoms with Crippen molar-refractivity contribution in [3.8, 4) is 0 Å². The number of hydrogen-bond donors (Lipinski definition) is 0. The Kier molecular flexibility index (Phi) is 6.37. The van der Waals surface area contributed by atoms with Crippen molar-refractivity contribution < 1.29 is 9.53 Å². The lowest BCUT2D eigenvalue weighted by Gasteiger charge is -2.30. The second kappa shape index (κ2) is 8.29. The molecule has 0 aromatic rings. The van der Waals surface area contributed by atoms with E-state index in [2.05, 4.69) is 35.5 Å². The Morgan fingerprint density at radius 1 is 1.38 bits per heavy atom. The van der Waals surface area contributed by atoms with E-state index in [1.807, 2.05) is 13.8 Å². The van der Waals surface area contributed by atoms with Gasteiger partial charge in [0.1, 0.15) is 5.84 Å². The second-order valence-electron chi connectivity index (χ2n) is 6.23. The molecule has 1 amide bonds. The van der Waals surface area contributed by atoms with E-state index in [0.29, 0.717) is 6.54 Å². The number of morpholine rings is 1. The minimum Gasteiger partial charge on any atom is -0.378 e. The van der Waals surface area contributed by atoms with Crippen molar-refractivity contribution in [2.75, 3.05) is 32.8 Å². The number of amidine groups is 1. The highest BCUT2D eigenvalue weighted by Crippen LogP contribution is 2.23. The molecule has 2 rings (SSSR count). The molecule has 0 saturated carbocycles. The van der Waals surface area contributed by atoms with Crippen LogP contribution in [0.2, 0.25) is 0 Å². The first-order chi connectivity index (χ1) is 11.5. The fraction of sp³-hybridized carbons (Fsp3) is 0.579. The fourth-order valence-electron chi connectivity index (χ4n) is 3.15. The van der Waals surface area contributed by atoms with E-state index in [9.17, 15) is 4.79 Å². The van der Waals surface area contributed by atoms with Gasteiger partial charge in [-0.25, -0.2) is 0 Å². The average molecular weight is 331 g/mol. The number of rotatable bonds is 5. The standard InChI is InChI=1S/C19H29N3O2/c1-6-17(21-8-10-24-11-9-21)12-14(3)15(4)19-20-13-18(7-2)22(19)16(5)23/h6,12,18H,4,7-11,13H2,1-3,5H3/b14-12-,17-6+. The lowest BCUT2D eigenvalue weighted by molar-refractivity contribution is -0.126. The van der Waals surface area contributed by atoms with Gasteiger partial charge in [-0.05, 0) is 31.9 Å². The molecule has 0 aliphatic carbocycles. The molecule has 5 nitrogen and oxygen atoms in total. The maximum absolute atomic E-state index is 12.0. The summed E-state index contributed by atoms with van der Waals surface area (Å²) in [6.45, 7) is 15.9. The number of amides is 1. The predicted molar refractivity (Wildman–Crippen MR) is 97.9 cm³/mol. The van der Waals surface area contributed by atoms with Crippen LogP contribution in [0.15, 0.2) is 40.6 Å². The number of ether oxygens (including phenoxy) is 1. The quantitative estimate of drug-likeness (QED) is 0.728. The largest absolute Gasteiger partial charge is 0.378 e. The number of carbonyl (C=O) groups excluding carboxylic acids is 1. The molecule has 2 heterocycles. The zero-order valence-electron chi connectivity index (χ0n) is 15.3. The van der Waals surface area contributed by atoms with Gasteiger partial charge in [-0.2, -0.15) is 0 Å². The van der Waals surface area contributed by atoms with E-state index >= 15 is 0 Å². The van der Waals surface area contributed by atoms with Gasteiger partial charge >= 0.3 is 0 Å². The molecule has 132 valence electrons. The molecule has 1 atom stereocenters. The number of carbonyl (C=O) groups is 1. The van der Waals surface area contributed by atoms with E-state index in [1.165, 1.54) is 0 Å². The molecule has 1 saturated heterocycles. The smallest absolute Gasteiger partial charge is 0.225 e. The van der Waals surface area contributed by atoms with Gasteiger partial charge in [-0.3, -0.25) is 14.7 Å². The van der Waals surface area contributed by atoms with Crippen molar-refractivity contribution in [1.82, 2.24) is 9.80 Å². The van der Waals surface area contributed by atoms with Gasteiger partial charge < -0.3 is 9.64 Å². The van der Waals surface area contributed by atoms with E-state index in [1.54, 1.807) is 11.8 Å². The summed E-state index contributed by atoms with van der Waals surface area (Å²) < 4.78 is 5.42. The SMILES string of the molecule is C=C(C1=NCC(CC)N1C(C)=O)/C(C)=C\C(=C/C)N1CCOCC1. The molecular formula is C19H29N3O2. The minimum absolute atomic E-state index is 0.0338. The van der Waals surface area contributed by atoms with Crippen LogP contribution < -0.4 is 0 Å². The van der Waals surface area contributed by atoms with E-state index < -0.39 is 0 Å². The zero-order valence-corrected chi connectivity index (χ0v) is 15.3. The van der Waals surface area contributed by atoms with Gasteiger partial charge in [0.05, 0.1) is 25.8 Å². The molecule has 24 heavy (non-hydrogen) atoms. The molecule has 0 radical (unpaired) electrons. The third-order valence-corrected chi connectivity index (χ3v) is 4.64. The lowest BCUT2D eigenvalue weighted by Crippen LogP contribution is -2.40. The van der Waals surface area contributed by atoms with Crippen LogP contribution in [0.1, 0.15) is 34.1 Å². The number of allylic oxidation sites excluding steroid dienone is 2. The Morgan fingerprint density at radius 3 is 2.58 bits per heavy atom. The first kappa shape index (κ1) is 18.5. The van der Waals surface area contributed by atoms with Crippen LogP contribution in [0, 0.1) is 0 Å². The highest BCUT2D eigenvalue weighted by Gasteiger charge is 2.31. The molecule has 2 aliphatic rings. The van der Waals surface area contributed by atoms with Crippen molar-refractivity contribution >= 4 is 11.7 Å². The first-order valence-electron chi connectivity index (χ1n) is 8.70. The monoisotopic (exact) mass is 331 g/mol. The third-order valence-electron chi connectivity index (χ3n) is 4.64. The number of nitrogens with zero attached hydrogens (tertiary/aromatic N) is 3. The molecule has 0 aromatic carbocycles. The summed E-state index contributed by atoms with van der Waals surface area (Å²) in [6, 6.07) is 0.155. The summed E-state index contributed by atoms with van der Waals surface area (Å²) in [5.74, 6) is 0.756. The topological polar surface area (TPSA) is 45.1 Å². The van der Waals surface area contributed by atoms with Gasteiger partial charge in [0.15, 0.2) is 0 Å². The molecule has 5 heteroatoms. The molecule has 0 spiro atoms. The molecule has 0 aromatic heterocycles. The highest BCUT2D eigenvalue weighted by molar-refractivity contribution is 6.10. The molecule has 0 N–H and O–H groups in total. The van der Waals surface area contributed by atoms with Crippen LogP contribution in [-0.2, 0) is 9.53 Å². The first-order valence-corrected chi connectivity index (χ1v) is 8.70. The lowest BCUT2D eigenvalue weighted by atomic mass is 10.1. The van der Waals surface area contributed by atoms with Crippen LogP contribution in [-0.4, -0.2) is 60.4 Å².